The number of anilines is 2. The molecule has 8 nitrogen and oxygen atoms in total. The number of fused-ring (bicyclic) bond motifs is 1. The Balaban J connectivity index is 1.82. The minimum atomic E-state index is -1.52. The van der Waals surface area contributed by atoms with Crippen LogP contribution >= 0.6 is 0 Å². The maximum atomic E-state index is 13.0. The number of carbonyl (C=O) groups is 2. The maximum Gasteiger partial charge on any atom is 0.511 e. The number of benzene rings is 1. The fourth-order valence-corrected chi connectivity index (χ4v) is 2.76. The number of aromatic amines is 1. The smallest absolute Gasteiger partial charge is 0.434 e. The molecule has 2 N–H and O–H groups in total. The van der Waals surface area contributed by atoms with Gasteiger partial charge in [0.1, 0.15) is 5.69 Å². The van der Waals surface area contributed by atoms with Crippen LogP contribution in [0.2, 0.25) is 0 Å². The molecule has 0 bridgehead atoms. The van der Waals surface area contributed by atoms with Crippen molar-refractivity contribution in [3.63, 3.8) is 0 Å². The van der Waals surface area contributed by atoms with Crippen LogP contribution < -0.4 is 5.32 Å². The monoisotopic (exact) mass is 411 g/mol. The predicted octanol–water partition coefficient (Wildman–Crippen LogP) is 5.01. The van der Waals surface area contributed by atoms with Crippen LogP contribution in [0.5, 0.6) is 0 Å². The van der Waals surface area contributed by atoms with E-state index in [-0.39, 0.29) is 18.2 Å². The van der Waals surface area contributed by atoms with E-state index in [1.165, 1.54) is 13.8 Å². The summed E-state index contributed by atoms with van der Waals surface area (Å²) in [7, 11) is 0. The first-order valence-electron chi connectivity index (χ1n) is 9.62. The van der Waals surface area contributed by atoms with Crippen molar-refractivity contribution in [3.05, 3.63) is 54.5 Å². The Hall–Kier alpha value is -3.55. The average Bonchev–Trinajstić information content (AvgIpc) is 3.05. The molecular formula is C22H25N3O5. The van der Waals surface area contributed by atoms with Crippen molar-refractivity contribution in [2.75, 3.05) is 11.9 Å². The summed E-state index contributed by atoms with van der Waals surface area (Å²) in [5.41, 5.74) is 2.29. The van der Waals surface area contributed by atoms with Crippen LogP contribution in [0.4, 0.5) is 16.2 Å². The lowest BCUT2D eigenvalue weighted by atomic mass is 10.2. The summed E-state index contributed by atoms with van der Waals surface area (Å²) in [6.07, 6.45) is 2.40. The lowest BCUT2D eigenvalue weighted by Crippen LogP contribution is -2.34. The molecule has 0 saturated heterocycles. The second-order valence-electron chi connectivity index (χ2n) is 7.63. The van der Waals surface area contributed by atoms with Gasteiger partial charge in [-0.3, -0.25) is 4.98 Å². The standard InChI is InChI=1S/C22H25N3O5/c1-14(2)13-28-21(27)30-22(3,4)29-20(26)19-18(24-15-9-11-23-12-10-15)16-7-5-6-8-17(16)25-19/h5-12,14,25H,13H2,1-4H3,(H,23,24). The highest BCUT2D eigenvalue weighted by Crippen LogP contribution is 2.31. The molecule has 0 fully saturated rings. The van der Waals surface area contributed by atoms with E-state index in [0.29, 0.717) is 5.69 Å². The maximum absolute atomic E-state index is 13.0. The molecule has 0 atom stereocenters. The van der Waals surface area contributed by atoms with Gasteiger partial charge < -0.3 is 24.5 Å². The molecule has 0 radical (unpaired) electrons. The molecule has 0 aliphatic carbocycles. The first-order chi connectivity index (χ1) is 14.2. The lowest BCUT2D eigenvalue weighted by molar-refractivity contribution is -0.156. The molecule has 30 heavy (non-hydrogen) atoms. The number of pyridine rings is 1. The Morgan fingerprint density at radius 1 is 1.10 bits per heavy atom. The molecule has 8 heteroatoms. The summed E-state index contributed by atoms with van der Waals surface area (Å²) in [6.45, 7) is 6.97. The van der Waals surface area contributed by atoms with Gasteiger partial charge in [0.05, 0.1) is 12.3 Å². The van der Waals surface area contributed by atoms with Crippen molar-refractivity contribution in [1.29, 1.82) is 0 Å². The van der Waals surface area contributed by atoms with Crippen molar-refractivity contribution < 1.29 is 23.8 Å². The number of ether oxygens (including phenoxy) is 3. The molecule has 0 aliphatic heterocycles. The fourth-order valence-electron chi connectivity index (χ4n) is 2.76. The van der Waals surface area contributed by atoms with Crippen LogP contribution in [-0.2, 0) is 14.2 Å². The SMILES string of the molecule is CC(C)COC(=O)OC(C)(C)OC(=O)c1[nH]c2ccccc2c1Nc1ccncc1. The molecule has 3 aromatic rings. The number of H-pyrrole nitrogens is 1. The summed E-state index contributed by atoms with van der Waals surface area (Å²) in [6, 6.07) is 11.1. The molecular weight excluding hydrogens is 386 g/mol. The minimum Gasteiger partial charge on any atom is -0.434 e. The van der Waals surface area contributed by atoms with Crippen LogP contribution in [0.3, 0.4) is 0 Å². The molecule has 1 aromatic carbocycles. The Morgan fingerprint density at radius 3 is 2.50 bits per heavy atom. The number of carbonyl (C=O) groups excluding carboxylic acids is 2. The normalized spacial score (nSPS) is 11.4. The van der Waals surface area contributed by atoms with Crippen LogP contribution in [0, 0.1) is 5.92 Å². The van der Waals surface area contributed by atoms with Crippen LogP contribution in [0.15, 0.2) is 48.8 Å². The van der Waals surface area contributed by atoms with E-state index >= 15 is 0 Å². The third-order valence-electron chi connectivity index (χ3n) is 4.06. The number of hydrogen-bond acceptors (Lipinski definition) is 7. The van der Waals surface area contributed by atoms with Gasteiger partial charge in [0.2, 0.25) is 0 Å². The van der Waals surface area contributed by atoms with Crippen molar-refractivity contribution >= 4 is 34.4 Å². The highest BCUT2D eigenvalue weighted by molar-refractivity contribution is 6.07. The lowest BCUT2D eigenvalue weighted by Gasteiger charge is -2.24. The van der Waals surface area contributed by atoms with Crippen molar-refractivity contribution in [2.24, 2.45) is 5.92 Å². The van der Waals surface area contributed by atoms with Gasteiger partial charge in [0, 0.05) is 42.8 Å². The number of para-hydroxylation sites is 1. The van der Waals surface area contributed by atoms with Crippen LogP contribution in [0.25, 0.3) is 10.9 Å². The van der Waals surface area contributed by atoms with Gasteiger partial charge in [0.25, 0.3) is 5.79 Å². The molecule has 2 aromatic heterocycles. The van der Waals surface area contributed by atoms with E-state index in [1.807, 2.05) is 38.1 Å². The first kappa shape index (κ1) is 21.2. The second kappa shape index (κ2) is 8.86. The molecule has 0 aliphatic rings. The Morgan fingerprint density at radius 2 is 1.80 bits per heavy atom. The molecule has 0 saturated carbocycles. The molecule has 3 rings (SSSR count). The zero-order valence-corrected chi connectivity index (χ0v) is 17.4. The summed E-state index contributed by atoms with van der Waals surface area (Å²) in [5, 5.41) is 4.05. The van der Waals surface area contributed by atoms with Gasteiger partial charge >= 0.3 is 12.1 Å². The van der Waals surface area contributed by atoms with E-state index < -0.39 is 17.9 Å². The van der Waals surface area contributed by atoms with Gasteiger partial charge in [-0.1, -0.05) is 32.0 Å². The molecule has 0 amide bonds. The van der Waals surface area contributed by atoms with Gasteiger partial charge in [0.15, 0.2) is 0 Å². The van der Waals surface area contributed by atoms with E-state index in [0.717, 1.165) is 16.6 Å². The van der Waals surface area contributed by atoms with Gasteiger partial charge in [-0.05, 0) is 24.1 Å². The summed E-state index contributed by atoms with van der Waals surface area (Å²) >= 11 is 0. The highest BCUT2D eigenvalue weighted by Gasteiger charge is 2.31. The number of esters is 1. The van der Waals surface area contributed by atoms with E-state index in [9.17, 15) is 9.59 Å². The third kappa shape index (κ3) is 5.28. The molecule has 158 valence electrons. The Kier molecular flexibility index (Phi) is 6.25. The number of aromatic nitrogens is 2. The minimum absolute atomic E-state index is 0.163. The van der Waals surface area contributed by atoms with Crippen molar-refractivity contribution in [1.82, 2.24) is 9.97 Å². The topological polar surface area (TPSA) is 103 Å². The summed E-state index contributed by atoms with van der Waals surface area (Å²) < 4.78 is 15.6. The van der Waals surface area contributed by atoms with Crippen LogP contribution in [-0.4, -0.2) is 34.5 Å². The molecule has 0 unspecified atom stereocenters. The first-order valence-corrected chi connectivity index (χ1v) is 9.62. The average molecular weight is 411 g/mol. The third-order valence-corrected chi connectivity index (χ3v) is 4.06. The summed E-state index contributed by atoms with van der Waals surface area (Å²) in [4.78, 5) is 31.9. The molecule has 0 spiro atoms. The van der Waals surface area contributed by atoms with E-state index in [4.69, 9.17) is 14.2 Å². The number of nitrogens with one attached hydrogen (secondary N) is 2. The van der Waals surface area contributed by atoms with Gasteiger partial charge in [-0.15, -0.1) is 0 Å². The Labute approximate surface area is 174 Å². The number of nitrogens with zero attached hydrogens (tertiary/aromatic N) is 1. The van der Waals surface area contributed by atoms with Crippen molar-refractivity contribution in [3.8, 4) is 0 Å². The van der Waals surface area contributed by atoms with Crippen molar-refractivity contribution in [2.45, 2.75) is 33.5 Å². The molecule has 2 heterocycles. The van der Waals surface area contributed by atoms with Gasteiger partial charge in [-0.25, -0.2) is 9.59 Å². The fraction of sp³-hybridized carbons (Fsp3) is 0.318. The van der Waals surface area contributed by atoms with E-state index in [1.54, 1.807) is 24.5 Å². The highest BCUT2D eigenvalue weighted by atomic mass is 16.8. The zero-order chi connectivity index (χ0) is 21.7. The van der Waals surface area contributed by atoms with Gasteiger partial charge in [-0.2, -0.15) is 0 Å². The Bertz CT molecular complexity index is 1030. The second-order valence-corrected chi connectivity index (χ2v) is 7.63. The number of hydrogen-bond donors (Lipinski definition) is 2. The largest absolute Gasteiger partial charge is 0.511 e. The van der Waals surface area contributed by atoms with Crippen LogP contribution in [0.1, 0.15) is 38.2 Å². The zero-order valence-electron chi connectivity index (χ0n) is 17.4. The quantitative estimate of drug-likeness (QED) is 0.416. The summed E-state index contributed by atoms with van der Waals surface area (Å²) in [5.74, 6) is -2.03. The van der Waals surface area contributed by atoms with E-state index in [2.05, 4.69) is 15.3 Å². The number of rotatable bonds is 7. The predicted molar refractivity (Wildman–Crippen MR) is 113 cm³/mol.